The number of aromatic nitrogens is 7. The number of piperidine rings is 1. The SMILES string of the molecule is CNc1nc(N[C@@H]2CCN(C3COC3)CC2(F)F)nn2cc(F)c(-c3ccc4nnn(CCF)c4n3)c12. The molecule has 0 aliphatic carbocycles. The van der Waals surface area contributed by atoms with Gasteiger partial charge in [0, 0.05) is 13.6 Å². The second kappa shape index (κ2) is 9.06. The summed E-state index contributed by atoms with van der Waals surface area (Å²) in [6.45, 7) is 0.351. The number of hydrogen-bond donors (Lipinski definition) is 2. The normalized spacial score (nSPS) is 20.4. The maximum absolute atomic E-state index is 15.2. The summed E-state index contributed by atoms with van der Waals surface area (Å²) in [7, 11) is 1.59. The minimum atomic E-state index is -3.02. The molecule has 4 aromatic heterocycles. The predicted octanol–water partition coefficient (Wildman–Crippen LogP) is 2.21. The van der Waals surface area contributed by atoms with Crippen molar-refractivity contribution in [2.24, 2.45) is 0 Å². The fourth-order valence-electron chi connectivity index (χ4n) is 4.80. The van der Waals surface area contributed by atoms with Crippen molar-refractivity contribution < 1.29 is 22.3 Å². The van der Waals surface area contributed by atoms with Crippen molar-refractivity contribution in [3.63, 3.8) is 0 Å². The number of halogens is 4. The lowest BCUT2D eigenvalue weighted by Crippen LogP contribution is -2.61. The molecular weight excluding hydrogens is 496 g/mol. The molecule has 6 rings (SSSR count). The van der Waals surface area contributed by atoms with E-state index in [-0.39, 0.29) is 54.1 Å². The lowest BCUT2D eigenvalue weighted by atomic mass is 9.98. The molecule has 0 saturated carbocycles. The number of nitrogens with one attached hydrogen (secondary N) is 2. The van der Waals surface area contributed by atoms with Crippen LogP contribution in [0.4, 0.5) is 29.3 Å². The second-order valence-electron chi connectivity index (χ2n) is 9.13. The molecule has 6 heterocycles. The Labute approximate surface area is 207 Å². The largest absolute Gasteiger partial charge is 0.378 e. The third-order valence-corrected chi connectivity index (χ3v) is 6.80. The van der Waals surface area contributed by atoms with Gasteiger partial charge < -0.3 is 15.4 Å². The molecule has 37 heavy (non-hydrogen) atoms. The van der Waals surface area contributed by atoms with Crippen molar-refractivity contribution in [1.82, 2.24) is 39.5 Å². The smallest absolute Gasteiger partial charge is 0.280 e. The molecule has 0 aromatic carbocycles. The highest BCUT2D eigenvalue weighted by atomic mass is 19.3. The Morgan fingerprint density at radius 2 is 2.05 bits per heavy atom. The summed E-state index contributed by atoms with van der Waals surface area (Å²) in [5.41, 5.74) is 1.37. The molecule has 2 saturated heterocycles. The highest BCUT2D eigenvalue weighted by molar-refractivity contribution is 5.89. The van der Waals surface area contributed by atoms with Gasteiger partial charge in [0.15, 0.2) is 17.3 Å². The van der Waals surface area contributed by atoms with Crippen LogP contribution in [0, 0.1) is 5.82 Å². The molecule has 196 valence electrons. The molecule has 0 unspecified atom stereocenters. The number of nitrogens with zero attached hydrogens (tertiary/aromatic N) is 8. The van der Waals surface area contributed by atoms with E-state index in [1.165, 1.54) is 9.20 Å². The number of rotatable bonds is 7. The van der Waals surface area contributed by atoms with Gasteiger partial charge in [-0.05, 0) is 18.6 Å². The van der Waals surface area contributed by atoms with E-state index in [1.807, 2.05) is 0 Å². The van der Waals surface area contributed by atoms with E-state index in [4.69, 9.17) is 4.74 Å². The van der Waals surface area contributed by atoms with E-state index < -0.39 is 24.5 Å². The molecule has 0 spiro atoms. The molecule has 11 nitrogen and oxygen atoms in total. The number of alkyl halides is 3. The second-order valence-corrected chi connectivity index (χ2v) is 9.13. The summed E-state index contributed by atoms with van der Waals surface area (Å²) in [4.78, 5) is 10.6. The summed E-state index contributed by atoms with van der Waals surface area (Å²) in [5, 5.41) is 17.8. The van der Waals surface area contributed by atoms with Gasteiger partial charge in [0.1, 0.15) is 17.7 Å². The number of hydrogen-bond acceptors (Lipinski definition) is 9. The molecule has 2 fully saturated rings. The van der Waals surface area contributed by atoms with Crippen LogP contribution in [0.3, 0.4) is 0 Å². The first-order chi connectivity index (χ1) is 17.9. The molecule has 15 heteroatoms. The zero-order chi connectivity index (χ0) is 25.7. The van der Waals surface area contributed by atoms with Gasteiger partial charge in [-0.1, -0.05) is 5.21 Å². The molecule has 4 aromatic rings. The monoisotopic (exact) mass is 520 g/mol. The fourth-order valence-corrected chi connectivity index (χ4v) is 4.80. The van der Waals surface area contributed by atoms with Crippen LogP contribution >= 0.6 is 0 Å². The van der Waals surface area contributed by atoms with Gasteiger partial charge in [-0.15, -0.1) is 10.2 Å². The number of aryl methyl sites for hydroxylation is 1. The summed E-state index contributed by atoms with van der Waals surface area (Å²) in [6.07, 6.45) is 1.33. The molecule has 2 aliphatic heterocycles. The summed E-state index contributed by atoms with van der Waals surface area (Å²) >= 11 is 0. The first kappa shape index (κ1) is 23.8. The first-order valence-electron chi connectivity index (χ1n) is 11.9. The van der Waals surface area contributed by atoms with Crippen molar-refractivity contribution >= 4 is 28.4 Å². The van der Waals surface area contributed by atoms with Crippen LogP contribution in [0.1, 0.15) is 6.42 Å². The quantitative estimate of drug-likeness (QED) is 0.355. The van der Waals surface area contributed by atoms with Crippen molar-refractivity contribution in [2.75, 3.05) is 50.7 Å². The summed E-state index contributed by atoms with van der Waals surface area (Å²) in [6, 6.07) is 2.03. The Hall–Kier alpha value is -3.59. The van der Waals surface area contributed by atoms with Crippen LogP contribution in [0.2, 0.25) is 0 Å². The lowest BCUT2D eigenvalue weighted by Gasteiger charge is -2.44. The van der Waals surface area contributed by atoms with Crippen LogP contribution < -0.4 is 10.6 Å². The van der Waals surface area contributed by atoms with Crippen LogP contribution in [-0.2, 0) is 11.3 Å². The van der Waals surface area contributed by atoms with E-state index in [0.29, 0.717) is 30.9 Å². The van der Waals surface area contributed by atoms with Crippen LogP contribution in [0.5, 0.6) is 0 Å². The molecule has 0 bridgehead atoms. The number of anilines is 2. The van der Waals surface area contributed by atoms with Gasteiger partial charge in [-0.2, -0.15) is 4.98 Å². The molecule has 0 radical (unpaired) electrons. The van der Waals surface area contributed by atoms with Gasteiger partial charge in [-0.25, -0.2) is 31.7 Å². The predicted molar refractivity (Wildman–Crippen MR) is 126 cm³/mol. The number of likely N-dealkylation sites (tertiary alicyclic amines) is 1. The van der Waals surface area contributed by atoms with E-state index in [1.54, 1.807) is 24.1 Å². The zero-order valence-corrected chi connectivity index (χ0v) is 19.8. The Morgan fingerprint density at radius 1 is 1.22 bits per heavy atom. The number of fused-ring (bicyclic) bond motifs is 2. The number of pyridine rings is 1. The molecule has 1 atom stereocenters. The summed E-state index contributed by atoms with van der Waals surface area (Å²) in [5.74, 6) is -3.49. The van der Waals surface area contributed by atoms with Crippen LogP contribution in [0.15, 0.2) is 18.3 Å². The van der Waals surface area contributed by atoms with Crippen LogP contribution in [-0.4, -0.2) is 97.5 Å². The maximum Gasteiger partial charge on any atom is 0.280 e. The van der Waals surface area contributed by atoms with Gasteiger partial charge >= 0.3 is 0 Å². The van der Waals surface area contributed by atoms with E-state index in [2.05, 4.69) is 36.0 Å². The molecule has 2 aliphatic rings. The first-order valence-corrected chi connectivity index (χ1v) is 11.9. The Balaban J connectivity index is 1.33. The average Bonchev–Trinajstić information content (AvgIpc) is 3.38. The third kappa shape index (κ3) is 4.11. The average molecular weight is 520 g/mol. The standard InChI is InChI=1S/C22H24F4N10O/c1-27-19-18-17(14-2-3-15-20(28-14)35(7-5-23)33-31-15)13(24)8-36(18)32-21(30-19)29-16-4-6-34(11-22(16,25)26)12-9-37-10-12/h2-3,8,12,16H,4-7,9-11H2,1H3,(H2,27,29,30,32)/t16-/m1/s1. The van der Waals surface area contributed by atoms with E-state index >= 15 is 4.39 Å². The van der Waals surface area contributed by atoms with Gasteiger partial charge in [0.05, 0.1) is 55.8 Å². The van der Waals surface area contributed by atoms with Crippen molar-refractivity contribution in [1.29, 1.82) is 0 Å². The molecule has 0 amide bonds. The van der Waals surface area contributed by atoms with E-state index in [0.717, 1.165) is 6.20 Å². The minimum Gasteiger partial charge on any atom is -0.378 e. The van der Waals surface area contributed by atoms with E-state index in [9.17, 15) is 13.2 Å². The summed E-state index contributed by atoms with van der Waals surface area (Å²) < 4.78 is 65.8. The highest BCUT2D eigenvalue weighted by Crippen LogP contribution is 2.35. The molecule has 2 N–H and O–H groups in total. The van der Waals surface area contributed by atoms with Crippen molar-refractivity contribution in [3.05, 3.63) is 24.1 Å². The topological polar surface area (TPSA) is 110 Å². The Kier molecular flexibility index (Phi) is 5.82. The molecular formula is C22H24F4N10O. The Morgan fingerprint density at radius 3 is 2.76 bits per heavy atom. The zero-order valence-electron chi connectivity index (χ0n) is 19.8. The fraction of sp³-hybridized carbons (Fsp3) is 0.500. The maximum atomic E-state index is 15.2. The van der Waals surface area contributed by atoms with Gasteiger partial charge in [-0.3, -0.25) is 4.90 Å². The van der Waals surface area contributed by atoms with Crippen molar-refractivity contribution in [2.45, 2.75) is 31.0 Å². The van der Waals surface area contributed by atoms with Gasteiger partial charge in [0.2, 0.25) is 5.95 Å². The van der Waals surface area contributed by atoms with Gasteiger partial charge in [0.25, 0.3) is 5.92 Å². The van der Waals surface area contributed by atoms with Crippen molar-refractivity contribution in [3.8, 4) is 11.3 Å². The number of ether oxygens (including phenoxy) is 1. The minimum absolute atomic E-state index is 0.0239. The van der Waals surface area contributed by atoms with Crippen LogP contribution in [0.25, 0.3) is 27.9 Å². The Bertz CT molecular complexity index is 1450. The highest BCUT2D eigenvalue weighted by Gasteiger charge is 2.47. The lowest BCUT2D eigenvalue weighted by molar-refractivity contribution is -0.131. The third-order valence-electron chi connectivity index (χ3n) is 6.80.